The van der Waals surface area contributed by atoms with E-state index >= 15 is 0 Å². The molecule has 0 aromatic heterocycles. The summed E-state index contributed by atoms with van der Waals surface area (Å²) in [6, 6.07) is -1.09. The van der Waals surface area contributed by atoms with Crippen LogP contribution in [0.25, 0.3) is 0 Å². The molecule has 0 saturated carbocycles. The number of nitrogens with one attached hydrogen (secondary N) is 2. The van der Waals surface area contributed by atoms with Crippen LogP contribution >= 0.6 is 0 Å². The SMILES string of the molecule is C#CC[C@H](NC(=O)[C@@H]1CCCN(C(=O)/C=C/C2=CCNCC2)C1)C(=O)O. The Morgan fingerprint density at radius 1 is 1.50 bits per heavy atom. The fourth-order valence-electron chi connectivity index (χ4n) is 3.07. The number of nitrogens with zero attached hydrogens (tertiary/aromatic N) is 1. The number of rotatable bonds is 6. The topological polar surface area (TPSA) is 98.7 Å². The van der Waals surface area contributed by atoms with Gasteiger partial charge < -0.3 is 20.6 Å². The Kier molecular flexibility index (Phi) is 7.42. The number of piperidine rings is 1. The number of hydrogen-bond donors (Lipinski definition) is 3. The zero-order chi connectivity index (χ0) is 18.9. The van der Waals surface area contributed by atoms with E-state index in [4.69, 9.17) is 11.5 Å². The lowest BCUT2D eigenvalue weighted by molar-refractivity contribution is -0.143. The number of carboxylic acid groups (broad SMARTS) is 1. The molecule has 2 heterocycles. The molecule has 0 spiro atoms. The van der Waals surface area contributed by atoms with Crippen LogP contribution in [0.3, 0.4) is 0 Å². The molecular formula is C19H25N3O4. The molecule has 0 aromatic carbocycles. The summed E-state index contributed by atoms with van der Waals surface area (Å²) in [5, 5.41) is 14.8. The quantitative estimate of drug-likeness (QED) is 0.468. The molecule has 2 aliphatic rings. The van der Waals surface area contributed by atoms with Gasteiger partial charge >= 0.3 is 5.97 Å². The lowest BCUT2D eigenvalue weighted by Crippen LogP contribution is -2.49. The van der Waals surface area contributed by atoms with Gasteiger partial charge in [0.15, 0.2) is 0 Å². The minimum Gasteiger partial charge on any atom is -0.480 e. The van der Waals surface area contributed by atoms with E-state index in [0.717, 1.165) is 25.1 Å². The first-order chi connectivity index (χ1) is 12.5. The highest BCUT2D eigenvalue weighted by Crippen LogP contribution is 2.18. The number of carboxylic acids is 1. The van der Waals surface area contributed by atoms with Crippen LogP contribution in [0, 0.1) is 18.3 Å². The lowest BCUT2D eigenvalue weighted by Gasteiger charge is -2.32. The highest BCUT2D eigenvalue weighted by molar-refractivity contribution is 5.89. The van der Waals surface area contributed by atoms with Gasteiger partial charge in [0.25, 0.3) is 0 Å². The van der Waals surface area contributed by atoms with E-state index in [2.05, 4.69) is 22.6 Å². The predicted molar refractivity (Wildman–Crippen MR) is 97.0 cm³/mol. The third kappa shape index (κ3) is 5.74. The normalized spacial score (nSPS) is 21.6. The summed E-state index contributed by atoms with van der Waals surface area (Å²) in [6.45, 7) is 2.60. The van der Waals surface area contributed by atoms with Crippen LogP contribution in [0.15, 0.2) is 23.8 Å². The van der Waals surface area contributed by atoms with Gasteiger partial charge in [-0.3, -0.25) is 9.59 Å². The van der Waals surface area contributed by atoms with E-state index in [-0.39, 0.29) is 24.8 Å². The van der Waals surface area contributed by atoms with E-state index < -0.39 is 17.9 Å². The van der Waals surface area contributed by atoms with E-state index in [1.54, 1.807) is 11.0 Å². The zero-order valence-corrected chi connectivity index (χ0v) is 14.7. The van der Waals surface area contributed by atoms with Crippen molar-refractivity contribution in [2.24, 2.45) is 5.92 Å². The molecule has 26 heavy (non-hydrogen) atoms. The monoisotopic (exact) mass is 359 g/mol. The molecule has 7 heteroatoms. The number of likely N-dealkylation sites (tertiary alicyclic amines) is 1. The second-order valence-corrected chi connectivity index (χ2v) is 6.50. The summed E-state index contributed by atoms with van der Waals surface area (Å²) in [5.41, 5.74) is 1.13. The van der Waals surface area contributed by atoms with Crippen LogP contribution in [-0.4, -0.2) is 60.0 Å². The number of carbonyl (C=O) groups is 3. The van der Waals surface area contributed by atoms with Gasteiger partial charge in [0, 0.05) is 32.1 Å². The second-order valence-electron chi connectivity index (χ2n) is 6.50. The van der Waals surface area contributed by atoms with Crippen molar-refractivity contribution in [2.45, 2.75) is 31.7 Å². The van der Waals surface area contributed by atoms with E-state index in [1.165, 1.54) is 0 Å². The van der Waals surface area contributed by atoms with Crippen LogP contribution in [0.2, 0.25) is 0 Å². The van der Waals surface area contributed by atoms with Crippen LogP contribution in [0.1, 0.15) is 25.7 Å². The highest BCUT2D eigenvalue weighted by atomic mass is 16.4. The van der Waals surface area contributed by atoms with Crippen molar-refractivity contribution in [3.63, 3.8) is 0 Å². The van der Waals surface area contributed by atoms with Crippen LogP contribution in [0.5, 0.6) is 0 Å². The Morgan fingerprint density at radius 3 is 2.96 bits per heavy atom. The van der Waals surface area contributed by atoms with Gasteiger partial charge in [0.2, 0.25) is 11.8 Å². The van der Waals surface area contributed by atoms with Crippen molar-refractivity contribution in [3.05, 3.63) is 23.8 Å². The molecule has 2 amide bonds. The van der Waals surface area contributed by atoms with Crippen LogP contribution < -0.4 is 10.6 Å². The highest BCUT2D eigenvalue weighted by Gasteiger charge is 2.30. The number of terminal acetylenes is 1. The first-order valence-corrected chi connectivity index (χ1v) is 8.84. The molecule has 7 nitrogen and oxygen atoms in total. The van der Waals surface area contributed by atoms with Gasteiger partial charge in [-0.05, 0) is 31.4 Å². The maximum Gasteiger partial charge on any atom is 0.327 e. The first kappa shape index (κ1) is 19.7. The second kappa shape index (κ2) is 9.78. The molecule has 0 aliphatic carbocycles. The van der Waals surface area contributed by atoms with Crippen molar-refractivity contribution < 1.29 is 19.5 Å². The van der Waals surface area contributed by atoms with E-state index in [1.807, 2.05) is 6.08 Å². The zero-order valence-electron chi connectivity index (χ0n) is 14.7. The lowest BCUT2D eigenvalue weighted by atomic mass is 9.96. The largest absolute Gasteiger partial charge is 0.480 e. The van der Waals surface area contributed by atoms with E-state index in [0.29, 0.717) is 19.4 Å². The van der Waals surface area contributed by atoms with Crippen molar-refractivity contribution in [3.8, 4) is 12.3 Å². The third-order valence-corrected chi connectivity index (χ3v) is 4.58. The van der Waals surface area contributed by atoms with Gasteiger partial charge in [0.1, 0.15) is 6.04 Å². The maximum atomic E-state index is 12.4. The molecule has 0 aromatic rings. The number of amides is 2. The average molecular weight is 359 g/mol. The Morgan fingerprint density at radius 2 is 2.31 bits per heavy atom. The third-order valence-electron chi connectivity index (χ3n) is 4.58. The molecular weight excluding hydrogens is 334 g/mol. The number of hydrogen-bond acceptors (Lipinski definition) is 4. The Bertz CT molecular complexity index is 648. The Balaban J connectivity index is 1.91. The summed E-state index contributed by atoms with van der Waals surface area (Å²) in [7, 11) is 0. The number of aliphatic carboxylic acids is 1. The summed E-state index contributed by atoms with van der Waals surface area (Å²) >= 11 is 0. The fraction of sp³-hybridized carbons (Fsp3) is 0.526. The van der Waals surface area contributed by atoms with Crippen LogP contribution in [-0.2, 0) is 14.4 Å². The van der Waals surface area contributed by atoms with Crippen molar-refractivity contribution in [1.82, 2.24) is 15.5 Å². The fourth-order valence-corrected chi connectivity index (χ4v) is 3.07. The van der Waals surface area contributed by atoms with Gasteiger partial charge in [-0.1, -0.05) is 12.2 Å². The molecule has 0 bridgehead atoms. The molecule has 2 aliphatic heterocycles. The van der Waals surface area contributed by atoms with Gasteiger partial charge in [-0.2, -0.15) is 0 Å². The summed E-state index contributed by atoms with van der Waals surface area (Å²) in [4.78, 5) is 37.5. The molecule has 1 fully saturated rings. The minimum atomic E-state index is -1.15. The number of carbonyl (C=O) groups excluding carboxylic acids is 2. The molecule has 0 unspecified atom stereocenters. The van der Waals surface area contributed by atoms with Crippen LogP contribution in [0.4, 0.5) is 0 Å². The standard InChI is InChI=1S/C19H25N3O4/c1-2-4-16(19(25)26)21-18(24)15-5-3-12-22(13-15)17(23)7-6-14-8-10-20-11-9-14/h1,6-8,15-16,20H,3-5,9-13H2,(H,21,24)(H,25,26)/b7-6+/t15-,16+/m1/s1. The summed E-state index contributed by atoms with van der Waals surface area (Å²) in [5.74, 6) is 0.191. The molecule has 2 rings (SSSR count). The molecule has 0 radical (unpaired) electrons. The molecule has 1 saturated heterocycles. The summed E-state index contributed by atoms with van der Waals surface area (Å²) < 4.78 is 0. The molecule has 140 valence electrons. The van der Waals surface area contributed by atoms with Gasteiger partial charge in [0.05, 0.1) is 5.92 Å². The molecule has 2 atom stereocenters. The molecule has 3 N–H and O–H groups in total. The summed E-state index contributed by atoms with van der Waals surface area (Å²) in [6.07, 6.45) is 12.7. The van der Waals surface area contributed by atoms with Gasteiger partial charge in [-0.15, -0.1) is 12.3 Å². The average Bonchev–Trinajstić information content (AvgIpc) is 2.66. The van der Waals surface area contributed by atoms with Crippen molar-refractivity contribution >= 4 is 17.8 Å². The smallest absolute Gasteiger partial charge is 0.327 e. The Labute approximate surface area is 153 Å². The first-order valence-electron chi connectivity index (χ1n) is 8.84. The Hall–Kier alpha value is -2.59. The van der Waals surface area contributed by atoms with Crippen molar-refractivity contribution in [2.75, 3.05) is 26.2 Å². The number of allylic oxidation sites excluding steroid dienone is 1. The predicted octanol–water partition coefficient (Wildman–Crippen LogP) is 0.294. The maximum absolute atomic E-state index is 12.4. The van der Waals surface area contributed by atoms with Gasteiger partial charge in [-0.25, -0.2) is 4.79 Å². The minimum absolute atomic E-state index is 0.0663. The van der Waals surface area contributed by atoms with Crippen molar-refractivity contribution in [1.29, 1.82) is 0 Å². The van der Waals surface area contributed by atoms with E-state index in [9.17, 15) is 14.4 Å².